The van der Waals surface area contributed by atoms with Crippen LogP contribution in [0.5, 0.6) is 0 Å². The smallest absolute Gasteiger partial charge is 0.220 e. The lowest BCUT2D eigenvalue weighted by Crippen LogP contribution is -2.34. The van der Waals surface area contributed by atoms with E-state index < -0.39 is 0 Å². The normalized spacial score (nSPS) is 13.4. The van der Waals surface area contributed by atoms with Gasteiger partial charge in [-0.2, -0.15) is 0 Å². The summed E-state index contributed by atoms with van der Waals surface area (Å²) in [6.07, 6.45) is 23.3. The number of hydrogen-bond donors (Lipinski definition) is 2. The zero-order chi connectivity index (χ0) is 21.6. The Morgan fingerprint density at radius 1 is 0.655 bits per heavy atom. The van der Waals surface area contributed by atoms with Gasteiger partial charge in [0.15, 0.2) is 0 Å². The second kappa shape index (κ2) is 22.1. The van der Waals surface area contributed by atoms with E-state index in [0.717, 1.165) is 32.1 Å². The van der Waals surface area contributed by atoms with Crippen molar-refractivity contribution in [3.05, 3.63) is 0 Å². The number of unbranched alkanes of at least 4 members (excludes halogenated alkanes) is 12. The van der Waals surface area contributed by atoms with Gasteiger partial charge in [0.1, 0.15) is 0 Å². The molecule has 174 valence electrons. The largest absolute Gasteiger partial charge is 0.393 e. The monoisotopic (exact) mass is 411 g/mol. The first-order chi connectivity index (χ1) is 14.1. The number of rotatable bonds is 22. The number of amides is 1. The van der Waals surface area contributed by atoms with Gasteiger partial charge < -0.3 is 10.4 Å². The Hall–Kier alpha value is -0.570. The molecule has 0 aromatic heterocycles. The van der Waals surface area contributed by atoms with Crippen LogP contribution in [0, 0.1) is 0 Å². The van der Waals surface area contributed by atoms with E-state index in [-0.39, 0.29) is 12.0 Å². The lowest BCUT2D eigenvalue weighted by Gasteiger charge is -2.16. The molecule has 2 N–H and O–H groups in total. The van der Waals surface area contributed by atoms with E-state index in [1.165, 1.54) is 89.9 Å². The molecule has 0 aromatic rings. The number of aliphatic hydroxyl groups is 1. The van der Waals surface area contributed by atoms with Crippen molar-refractivity contribution < 1.29 is 9.90 Å². The summed E-state index contributed by atoms with van der Waals surface area (Å²) >= 11 is 0. The van der Waals surface area contributed by atoms with E-state index in [1.807, 2.05) is 0 Å². The lowest BCUT2D eigenvalue weighted by atomic mass is 10.0. The number of carbonyl (C=O) groups is 1. The van der Waals surface area contributed by atoms with Crippen molar-refractivity contribution in [2.75, 3.05) is 0 Å². The van der Waals surface area contributed by atoms with E-state index in [9.17, 15) is 9.90 Å². The van der Waals surface area contributed by atoms with E-state index in [2.05, 4.69) is 26.1 Å². The molecule has 0 saturated carbocycles. The van der Waals surface area contributed by atoms with Gasteiger partial charge in [-0.25, -0.2) is 0 Å². The Morgan fingerprint density at radius 3 is 1.66 bits per heavy atom. The molecule has 2 atom stereocenters. The molecule has 0 saturated heterocycles. The maximum atomic E-state index is 12.1. The summed E-state index contributed by atoms with van der Waals surface area (Å²) in [5.74, 6) is 0.251. The molecule has 0 aliphatic carbocycles. The molecule has 0 heterocycles. The Bertz CT molecular complexity index is 346. The molecule has 2 unspecified atom stereocenters. The van der Waals surface area contributed by atoms with E-state index in [4.69, 9.17) is 0 Å². The average Bonchev–Trinajstić information content (AvgIpc) is 2.72. The number of carbonyl (C=O) groups excluding carboxylic acids is 1. The molecule has 29 heavy (non-hydrogen) atoms. The van der Waals surface area contributed by atoms with Gasteiger partial charge in [0.2, 0.25) is 5.91 Å². The van der Waals surface area contributed by atoms with Crippen LogP contribution in [-0.4, -0.2) is 23.2 Å². The predicted octanol–water partition coefficient (Wildman–Crippen LogP) is 7.69. The van der Waals surface area contributed by atoms with Crippen molar-refractivity contribution in [1.82, 2.24) is 5.32 Å². The summed E-state index contributed by atoms with van der Waals surface area (Å²) in [6.45, 7) is 6.62. The standard InChI is InChI=1S/C26H53NO2/c1-4-7-9-17-21-25(28)22-18-14-12-10-11-13-15-19-23-26(29)27-24(6-3)20-16-8-5-2/h24-25,28H,4-23H2,1-3H3,(H,27,29). The van der Waals surface area contributed by atoms with Gasteiger partial charge in [0.05, 0.1) is 6.10 Å². The van der Waals surface area contributed by atoms with Crippen LogP contribution < -0.4 is 5.32 Å². The summed E-state index contributed by atoms with van der Waals surface area (Å²) in [6, 6.07) is 0.379. The fourth-order valence-corrected chi connectivity index (χ4v) is 4.00. The van der Waals surface area contributed by atoms with Crippen LogP contribution in [0.4, 0.5) is 0 Å². The fourth-order valence-electron chi connectivity index (χ4n) is 4.00. The molecule has 3 heteroatoms. The van der Waals surface area contributed by atoms with E-state index in [1.54, 1.807) is 0 Å². The third-order valence-corrected chi connectivity index (χ3v) is 6.10. The third kappa shape index (κ3) is 20.5. The second-order valence-corrected chi connectivity index (χ2v) is 9.04. The SMILES string of the molecule is CCCCCCC(O)CCCCCCCCCCC(=O)NC(CC)CCCCC. The van der Waals surface area contributed by atoms with Crippen LogP contribution in [0.25, 0.3) is 0 Å². The molecule has 0 bridgehead atoms. The molecule has 3 nitrogen and oxygen atoms in total. The van der Waals surface area contributed by atoms with Crippen molar-refractivity contribution in [3.63, 3.8) is 0 Å². The van der Waals surface area contributed by atoms with E-state index >= 15 is 0 Å². The van der Waals surface area contributed by atoms with Crippen LogP contribution in [0.1, 0.15) is 149 Å². The Kier molecular flexibility index (Phi) is 21.7. The van der Waals surface area contributed by atoms with Crippen molar-refractivity contribution >= 4 is 5.91 Å². The molecule has 1 amide bonds. The highest BCUT2D eigenvalue weighted by atomic mass is 16.3. The van der Waals surface area contributed by atoms with Crippen molar-refractivity contribution in [1.29, 1.82) is 0 Å². The van der Waals surface area contributed by atoms with E-state index in [0.29, 0.717) is 12.5 Å². The molecule has 0 radical (unpaired) electrons. The van der Waals surface area contributed by atoms with Crippen LogP contribution in [0.3, 0.4) is 0 Å². The Balaban J connectivity index is 3.40. The first kappa shape index (κ1) is 28.4. The van der Waals surface area contributed by atoms with Gasteiger partial charge in [-0.05, 0) is 32.1 Å². The maximum Gasteiger partial charge on any atom is 0.220 e. The number of hydrogen-bond acceptors (Lipinski definition) is 2. The van der Waals surface area contributed by atoms with Gasteiger partial charge in [0.25, 0.3) is 0 Å². The van der Waals surface area contributed by atoms with Gasteiger partial charge in [-0.1, -0.05) is 111 Å². The lowest BCUT2D eigenvalue weighted by molar-refractivity contribution is -0.122. The first-order valence-electron chi connectivity index (χ1n) is 13.1. The number of nitrogens with one attached hydrogen (secondary N) is 1. The molecular formula is C26H53NO2. The van der Waals surface area contributed by atoms with Crippen LogP contribution in [0.2, 0.25) is 0 Å². The minimum Gasteiger partial charge on any atom is -0.393 e. The van der Waals surface area contributed by atoms with Gasteiger partial charge >= 0.3 is 0 Å². The quantitative estimate of drug-likeness (QED) is 0.179. The molecule has 0 rings (SSSR count). The summed E-state index contributed by atoms with van der Waals surface area (Å²) in [4.78, 5) is 12.1. The minimum atomic E-state index is -0.0723. The molecule has 0 fully saturated rings. The van der Waals surface area contributed by atoms with Gasteiger partial charge in [-0.15, -0.1) is 0 Å². The summed E-state index contributed by atoms with van der Waals surface area (Å²) in [5.41, 5.74) is 0. The van der Waals surface area contributed by atoms with Crippen LogP contribution in [0.15, 0.2) is 0 Å². The Labute approximate surface area is 182 Å². The summed E-state index contributed by atoms with van der Waals surface area (Å²) < 4.78 is 0. The summed E-state index contributed by atoms with van der Waals surface area (Å²) in [7, 11) is 0. The second-order valence-electron chi connectivity index (χ2n) is 9.04. The van der Waals surface area contributed by atoms with Crippen molar-refractivity contribution in [2.45, 2.75) is 161 Å². The number of aliphatic hydroxyl groups excluding tert-OH is 1. The Morgan fingerprint density at radius 2 is 1.10 bits per heavy atom. The van der Waals surface area contributed by atoms with Crippen LogP contribution in [-0.2, 0) is 4.79 Å². The average molecular weight is 412 g/mol. The molecule has 0 aliphatic heterocycles. The third-order valence-electron chi connectivity index (χ3n) is 6.10. The maximum absolute atomic E-state index is 12.1. The summed E-state index contributed by atoms with van der Waals surface area (Å²) in [5, 5.41) is 13.2. The zero-order valence-corrected chi connectivity index (χ0v) is 20.2. The van der Waals surface area contributed by atoms with Gasteiger partial charge in [0, 0.05) is 12.5 Å². The highest BCUT2D eigenvalue weighted by molar-refractivity contribution is 5.76. The highest BCUT2D eigenvalue weighted by Gasteiger charge is 2.09. The fraction of sp³-hybridized carbons (Fsp3) is 0.962. The molecule has 0 spiro atoms. The van der Waals surface area contributed by atoms with Crippen molar-refractivity contribution in [2.24, 2.45) is 0 Å². The first-order valence-corrected chi connectivity index (χ1v) is 13.1. The molecule has 0 aromatic carbocycles. The predicted molar refractivity (Wildman–Crippen MR) is 127 cm³/mol. The van der Waals surface area contributed by atoms with Crippen molar-refractivity contribution in [3.8, 4) is 0 Å². The zero-order valence-electron chi connectivity index (χ0n) is 20.2. The van der Waals surface area contributed by atoms with Gasteiger partial charge in [-0.3, -0.25) is 4.79 Å². The van der Waals surface area contributed by atoms with Crippen LogP contribution >= 0.6 is 0 Å². The molecule has 0 aliphatic rings. The minimum absolute atomic E-state index is 0.0723. The highest BCUT2D eigenvalue weighted by Crippen LogP contribution is 2.14. The molecular weight excluding hydrogens is 358 g/mol. The topological polar surface area (TPSA) is 49.3 Å².